The first kappa shape index (κ1) is 17.0. The fourth-order valence-electron chi connectivity index (χ4n) is 2.12. The van der Waals surface area contributed by atoms with E-state index in [0.29, 0.717) is 6.04 Å². The Bertz CT molecular complexity index is 354. The second-order valence-electron chi connectivity index (χ2n) is 5.13. The minimum atomic E-state index is 0.398. The van der Waals surface area contributed by atoms with Gasteiger partial charge in [-0.3, -0.25) is 4.90 Å². The summed E-state index contributed by atoms with van der Waals surface area (Å²) in [4.78, 5) is 2.38. The molecule has 1 aromatic rings. The molecule has 0 spiro atoms. The predicted molar refractivity (Wildman–Crippen MR) is 84.5 cm³/mol. The maximum atomic E-state index is 5.24. The Morgan fingerprint density at radius 1 is 1.10 bits per heavy atom. The van der Waals surface area contributed by atoms with Crippen molar-refractivity contribution in [3.8, 4) is 0 Å². The van der Waals surface area contributed by atoms with Crippen molar-refractivity contribution in [3.05, 3.63) is 29.8 Å². The highest BCUT2D eigenvalue weighted by molar-refractivity contribution is 5.44. The van der Waals surface area contributed by atoms with Crippen LogP contribution in [0.3, 0.4) is 0 Å². The first-order valence-electron chi connectivity index (χ1n) is 7.20. The molecule has 0 aliphatic carbocycles. The number of hydrogen-bond donors (Lipinski definition) is 1. The molecule has 1 unspecified atom stereocenters. The highest BCUT2D eigenvalue weighted by Crippen LogP contribution is 2.08. The van der Waals surface area contributed by atoms with Crippen LogP contribution in [-0.4, -0.2) is 58.0 Å². The van der Waals surface area contributed by atoms with Gasteiger partial charge >= 0.3 is 0 Å². The van der Waals surface area contributed by atoms with Gasteiger partial charge in [-0.15, -0.1) is 0 Å². The Labute approximate surface area is 123 Å². The van der Waals surface area contributed by atoms with Crippen LogP contribution in [-0.2, 0) is 9.47 Å². The summed E-state index contributed by atoms with van der Waals surface area (Å²) >= 11 is 0. The van der Waals surface area contributed by atoms with Gasteiger partial charge in [-0.2, -0.15) is 0 Å². The van der Waals surface area contributed by atoms with Gasteiger partial charge in [0.05, 0.1) is 13.2 Å². The number of rotatable bonds is 10. The maximum Gasteiger partial charge on any atom is 0.0615 e. The summed E-state index contributed by atoms with van der Waals surface area (Å²) in [5.74, 6) is 0. The second kappa shape index (κ2) is 9.75. The highest BCUT2D eigenvalue weighted by Gasteiger charge is 2.12. The Hall–Kier alpha value is -1.10. The predicted octanol–water partition coefficient (Wildman–Crippen LogP) is 2.39. The van der Waals surface area contributed by atoms with E-state index in [4.69, 9.17) is 9.47 Å². The van der Waals surface area contributed by atoms with Crippen molar-refractivity contribution < 1.29 is 9.47 Å². The van der Waals surface area contributed by atoms with Gasteiger partial charge in [0, 0.05) is 45.6 Å². The zero-order valence-corrected chi connectivity index (χ0v) is 13.2. The molecule has 1 atom stereocenters. The lowest BCUT2D eigenvalue weighted by Gasteiger charge is -2.28. The molecule has 0 bridgehead atoms. The Morgan fingerprint density at radius 2 is 1.80 bits per heavy atom. The van der Waals surface area contributed by atoms with Crippen LogP contribution in [0.25, 0.3) is 0 Å². The molecule has 1 rings (SSSR count). The van der Waals surface area contributed by atoms with E-state index in [1.54, 1.807) is 14.2 Å². The zero-order chi connectivity index (χ0) is 14.8. The average Bonchev–Trinajstić information content (AvgIpc) is 2.44. The fraction of sp³-hybridized carbons (Fsp3) is 0.625. The third-order valence-corrected chi connectivity index (χ3v) is 3.39. The Kier molecular flexibility index (Phi) is 8.26. The number of benzene rings is 1. The molecule has 0 aliphatic heterocycles. The van der Waals surface area contributed by atoms with Gasteiger partial charge in [0.1, 0.15) is 0 Å². The van der Waals surface area contributed by atoms with E-state index >= 15 is 0 Å². The van der Waals surface area contributed by atoms with Crippen molar-refractivity contribution in [3.63, 3.8) is 0 Å². The number of anilines is 1. The summed E-state index contributed by atoms with van der Waals surface area (Å²) in [5, 5.41) is 3.45. The third-order valence-electron chi connectivity index (χ3n) is 3.39. The lowest BCUT2D eigenvalue weighted by molar-refractivity contribution is 0.0777. The minimum absolute atomic E-state index is 0.398. The monoisotopic (exact) mass is 280 g/mol. The van der Waals surface area contributed by atoms with Crippen molar-refractivity contribution in [1.29, 1.82) is 0 Å². The lowest BCUT2D eigenvalue weighted by Crippen LogP contribution is -2.41. The van der Waals surface area contributed by atoms with Crippen LogP contribution in [0.1, 0.15) is 12.5 Å². The minimum Gasteiger partial charge on any atom is -0.384 e. The van der Waals surface area contributed by atoms with Crippen molar-refractivity contribution in [2.45, 2.75) is 19.9 Å². The SMILES string of the molecule is COCCN(CCNc1ccc(C)cc1)C(C)COC. The molecule has 4 nitrogen and oxygen atoms in total. The molecular formula is C16H28N2O2. The van der Waals surface area contributed by atoms with Crippen molar-refractivity contribution >= 4 is 5.69 Å². The van der Waals surface area contributed by atoms with E-state index in [1.165, 1.54) is 11.3 Å². The van der Waals surface area contributed by atoms with Crippen LogP contribution in [0, 0.1) is 6.92 Å². The third kappa shape index (κ3) is 6.37. The van der Waals surface area contributed by atoms with Crippen LogP contribution < -0.4 is 5.32 Å². The molecule has 114 valence electrons. The topological polar surface area (TPSA) is 33.7 Å². The number of nitrogens with zero attached hydrogens (tertiary/aromatic N) is 1. The van der Waals surface area contributed by atoms with E-state index in [0.717, 1.165) is 32.8 Å². The molecule has 1 N–H and O–H groups in total. The quantitative estimate of drug-likeness (QED) is 0.713. The van der Waals surface area contributed by atoms with E-state index in [2.05, 4.69) is 48.3 Å². The molecule has 0 heterocycles. The van der Waals surface area contributed by atoms with Gasteiger partial charge in [0.25, 0.3) is 0 Å². The smallest absolute Gasteiger partial charge is 0.0615 e. The molecule has 0 aromatic heterocycles. The van der Waals surface area contributed by atoms with Crippen LogP contribution >= 0.6 is 0 Å². The highest BCUT2D eigenvalue weighted by atomic mass is 16.5. The summed E-state index contributed by atoms with van der Waals surface area (Å²) < 4.78 is 10.4. The van der Waals surface area contributed by atoms with Gasteiger partial charge in [0.15, 0.2) is 0 Å². The van der Waals surface area contributed by atoms with E-state index < -0.39 is 0 Å². The van der Waals surface area contributed by atoms with Gasteiger partial charge in [-0.25, -0.2) is 0 Å². The van der Waals surface area contributed by atoms with E-state index in [9.17, 15) is 0 Å². The zero-order valence-electron chi connectivity index (χ0n) is 13.2. The summed E-state index contributed by atoms with van der Waals surface area (Å²) in [6.45, 7) is 8.60. The van der Waals surface area contributed by atoms with Gasteiger partial charge in [0.2, 0.25) is 0 Å². The number of hydrogen-bond acceptors (Lipinski definition) is 4. The number of methoxy groups -OCH3 is 2. The molecule has 20 heavy (non-hydrogen) atoms. The van der Waals surface area contributed by atoms with Crippen LogP contribution in [0.15, 0.2) is 24.3 Å². The lowest BCUT2D eigenvalue weighted by atomic mass is 10.2. The largest absolute Gasteiger partial charge is 0.384 e. The molecule has 1 aromatic carbocycles. The fourth-order valence-corrected chi connectivity index (χ4v) is 2.12. The Balaban J connectivity index is 2.38. The van der Waals surface area contributed by atoms with Crippen LogP contribution in [0.5, 0.6) is 0 Å². The molecule has 0 amide bonds. The van der Waals surface area contributed by atoms with E-state index in [1.807, 2.05) is 0 Å². The standard InChI is InChI=1S/C16H28N2O2/c1-14-5-7-16(8-6-14)17-9-10-18(11-12-19-3)15(2)13-20-4/h5-8,15,17H,9-13H2,1-4H3. The van der Waals surface area contributed by atoms with Gasteiger partial charge in [-0.05, 0) is 26.0 Å². The molecule has 4 heteroatoms. The van der Waals surface area contributed by atoms with Crippen LogP contribution in [0.2, 0.25) is 0 Å². The molecule has 0 saturated carbocycles. The van der Waals surface area contributed by atoms with Crippen LogP contribution in [0.4, 0.5) is 5.69 Å². The average molecular weight is 280 g/mol. The van der Waals surface area contributed by atoms with Gasteiger partial charge in [-0.1, -0.05) is 17.7 Å². The summed E-state index contributed by atoms with van der Waals surface area (Å²) in [6.07, 6.45) is 0. The first-order chi connectivity index (χ1) is 9.67. The van der Waals surface area contributed by atoms with Crippen molar-refractivity contribution in [1.82, 2.24) is 4.90 Å². The number of ether oxygens (including phenoxy) is 2. The van der Waals surface area contributed by atoms with Crippen molar-refractivity contribution in [2.24, 2.45) is 0 Å². The maximum absolute atomic E-state index is 5.24. The van der Waals surface area contributed by atoms with Crippen molar-refractivity contribution in [2.75, 3.05) is 52.4 Å². The summed E-state index contributed by atoms with van der Waals surface area (Å²) in [6, 6.07) is 8.88. The molecule has 0 radical (unpaired) electrons. The van der Waals surface area contributed by atoms with E-state index in [-0.39, 0.29) is 0 Å². The molecule has 0 saturated heterocycles. The first-order valence-corrected chi connectivity index (χ1v) is 7.20. The number of aryl methyl sites for hydroxylation is 1. The normalized spacial score (nSPS) is 12.7. The summed E-state index contributed by atoms with van der Waals surface area (Å²) in [5.41, 5.74) is 2.45. The van der Waals surface area contributed by atoms with Gasteiger partial charge < -0.3 is 14.8 Å². The number of nitrogens with one attached hydrogen (secondary N) is 1. The molecular weight excluding hydrogens is 252 g/mol. The molecule has 0 aliphatic rings. The Morgan fingerprint density at radius 3 is 2.40 bits per heavy atom. The second-order valence-corrected chi connectivity index (χ2v) is 5.13. The molecule has 0 fully saturated rings. The summed E-state index contributed by atoms with van der Waals surface area (Å²) in [7, 11) is 3.49.